The van der Waals surface area contributed by atoms with Crippen LogP contribution in [-0.4, -0.2) is 29.0 Å². The Kier molecular flexibility index (Phi) is 4.95. The van der Waals surface area contributed by atoms with E-state index in [9.17, 15) is 18.0 Å². The van der Waals surface area contributed by atoms with Crippen molar-refractivity contribution in [1.29, 1.82) is 0 Å². The highest BCUT2D eigenvalue weighted by Gasteiger charge is 2.31. The first-order valence-electron chi connectivity index (χ1n) is 9.48. The van der Waals surface area contributed by atoms with Gasteiger partial charge in [0.15, 0.2) is 0 Å². The number of nitrogens with zero attached hydrogens (tertiary/aromatic N) is 3. The predicted octanol–water partition coefficient (Wildman–Crippen LogP) is 3.84. The van der Waals surface area contributed by atoms with Crippen LogP contribution in [0.15, 0.2) is 30.5 Å². The Morgan fingerprint density at radius 2 is 2.00 bits per heavy atom. The van der Waals surface area contributed by atoms with E-state index >= 15 is 0 Å². The maximum Gasteiger partial charge on any atom is 0.416 e. The molecule has 1 aromatic carbocycles. The summed E-state index contributed by atoms with van der Waals surface area (Å²) < 4.78 is 38.5. The second-order valence-corrected chi connectivity index (χ2v) is 7.34. The number of amides is 1. The van der Waals surface area contributed by atoms with E-state index in [2.05, 4.69) is 20.2 Å². The summed E-state index contributed by atoms with van der Waals surface area (Å²) in [5.41, 5.74) is 1.30. The van der Waals surface area contributed by atoms with Crippen molar-refractivity contribution >= 4 is 17.5 Å². The van der Waals surface area contributed by atoms with Gasteiger partial charge in [-0.3, -0.25) is 4.79 Å². The summed E-state index contributed by atoms with van der Waals surface area (Å²) >= 11 is 0. The number of hydrogen-bond donors (Lipinski definition) is 1. The molecule has 0 saturated carbocycles. The SMILES string of the molecule is O=C(Nc1cccc(C(F)(F)F)c1)C1CCc2nc(N3CCCC3)ncc2C1. The molecular formula is C20H21F3N4O. The van der Waals surface area contributed by atoms with Gasteiger partial charge in [-0.2, -0.15) is 13.2 Å². The molecule has 1 aliphatic carbocycles. The predicted molar refractivity (Wildman–Crippen MR) is 99.1 cm³/mol. The molecule has 1 aliphatic heterocycles. The van der Waals surface area contributed by atoms with Crippen LogP contribution in [0.4, 0.5) is 24.8 Å². The molecule has 0 spiro atoms. The van der Waals surface area contributed by atoms with E-state index in [1.807, 2.05) is 0 Å². The van der Waals surface area contributed by atoms with Crippen molar-refractivity contribution < 1.29 is 18.0 Å². The van der Waals surface area contributed by atoms with Gasteiger partial charge in [0.1, 0.15) is 0 Å². The first kappa shape index (κ1) is 18.7. The molecule has 4 rings (SSSR count). The quantitative estimate of drug-likeness (QED) is 0.865. The fourth-order valence-electron chi connectivity index (χ4n) is 3.81. The Bertz CT molecular complexity index is 878. The number of alkyl halides is 3. The van der Waals surface area contributed by atoms with Gasteiger partial charge in [0, 0.05) is 36.6 Å². The molecule has 28 heavy (non-hydrogen) atoms. The molecule has 8 heteroatoms. The van der Waals surface area contributed by atoms with E-state index in [1.54, 1.807) is 6.20 Å². The third-order valence-corrected chi connectivity index (χ3v) is 5.35. The number of hydrogen-bond acceptors (Lipinski definition) is 4. The lowest BCUT2D eigenvalue weighted by Crippen LogP contribution is -2.29. The number of aryl methyl sites for hydroxylation is 1. The fraction of sp³-hybridized carbons (Fsp3) is 0.450. The van der Waals surface area contributed by atoms with Crippen LogP contribution in [0, 0.1) is 5.92 Å². The van der Waals surface area contributed by atoms with Crippen LogP contribution in [-0.2, 0) is 23.8 Å². The normalized spacial score (nSPS) is 19.4. The minimum absolute atomic E-state index is 0.159. The van der Waals surface area contributed by atoms with Crippen molar-refractivity contribution in [2.75, 3.05) is 23.3 Å². The average Bonchev–Trinajstić information content (AvgIpc) is 3.21. The van der Waals surface area contributed by atoms with Gasteiger partial charge in [0.05, 0.1) is 5.56 Å². The summed E-state index contributed by atoms with van der Waals surface area (Å²) in [6.45, 7) is 1.95. The molecule has 1 atom stereocenters. The lowest BCUT2D eigenvalue weighted by molar-refractivity contribution is -0.137. The smallest absolute Gasteiger partial charge is 0.341 e. The summed E-state index contributed by atoms with van der Waals surface area (Å²) in [5, 5.41) is 2.62. The topological polar surface area (TPSA) is 58.1 Å². The molecule has 1 amide bonds. The van der Waals surface area contributed by atoms with E-state index in [0.717, 1.165) is 55.3 Å². The lowest BCUT2D eigenvalue weighted by atomic mass is 9.86. The van der Waals surface area contributed by atoms with Gasteiger partial charge in [-0.25, -0.2) is 9.97 Å². The third kappa shape index (κ3) is 3.95. The van der Waals surface area contributed by atoms with Gasteiger partial charge in [0.2, 0.25) is 11.9 Å². The van der Waals surface area contributed by atoms with E-state index in [-0.39, 0.29) is 17.5 Å². The van der Waals surface area contributed by atoms with Crippen molar-refractivity contribution in [1.82, 2.24) is 9.97 Å². The number of halogens is 3. The van der Waals surface area contributed by atoms with E-state index in [0.29, 0.717) is 19.3 Å². The van der Waals surface area contributed by atoms with Crippen LogP contribution in [0.3, 0.4) is 0 Å². The number of fused-ring (bicyclic) bond motifs is 1. The van der Waals surface area contributed by atoms with Gasteiger partial charge in [-0.05, 0) is 55.9 Å². The molecule has 148 valence electrons. The monoisotopic (exact) mass is 390 g/mol. The third-order valence-electron chi connectivity index (χ3n) is 5.35. The Labute approximate surface area is 161 Å². The van der Waals surface area contributed by atoms with Gasteiger partial charge < -0.3 is 10.2 Å². The Hall–Kier alpha value is -2.64. The summed E-state index contributed by atoms with van der Waals surface area (Å²) in [5.74, 6) is 0.181. The van der Waals surface area contributed by atoms with Crippen LogP contribution < -0.4 is 10.2 Å². The fourth-order valence-corrected chi connectivity index (χ4v) is 3.81. The molecule has 1 saturated heterocycles. The Morgan fingerprint density at radius 3 is 2.75 bits per heavy atom. The summed E-state index contributed by atoms with van der Waals surface area (Å²) in [4.78, 5) is 23.9. The minimum atomic E-state index is -4.44. The zero-order chi connectivity index (χ0) is 19.7. The first-order chi connectivity index (χ1) is 13.4. The number of carbonyl (C=O) groups excluding carboxylic acids is 1. The van der Waals surface area contributed by atoms with Crippen LogP contribution >= 0.6 is 0 Å². The van der Waals surface area contributed by atoms with Crippen LogP contribution in [0.25, 0.3) is 0 Å². The van der Waals surface area contributed by atoms with Gasteiger partial charge >= 0.3 is 6.18 Å². The van der Waals surface area contributed by atoms with Crippen LogP contribution in [0.1, 0.15) is 36.1 Å². The number of rotatable bonds is 3. The molecule has 2 aromatic rings. The molecule has 1 fully saturated rings. The van der Waals surface area contributed by atoms with Gasteiger partial charge in [0.25, 0.3) is 0 Å². The largest absolute Gasteiger partial charge is 0.416 e. The van der Waals surface area contributed by atoms with Crippen molar-refractivity contribution in [2.24, 2.45) is 5.92 Å². The van der Waals surface area contributed by atoms with E-state index in [1.165, 1.54) is 12.1 Å². The highest BCUT2D eigenvalue weighted by Crippen LogP contribution is 2.31. The van der Waals surface area contributed by atoms with E-state index in [4.69, 9.17) is 0 Å². The number of aromatic nitrogens is 2. The number of carbonyl (C=O) groups is 1. The van der Waals surface area contributed by atoms with Crippen molar-refractivity contribution in [2.45, 2.75) is 38.3 Å². The second-order valence-electron chi connectivity index (χ2n) is 7.34. The molecule has 2 aliphatic rings. The highest BCUT2D eigenvalue weighted by molar-refractivity contribution is 5.93. The first-order valence-corrected chi connectivity index (χ1v) is 9.48. The molecule has 1 unspecified atom stereocenters. The number of benzene rings is 1. The molecule has 1 aromatic heterocycles. The molecule has 0 radical (unpaired) electrons. The molecule has 1 N–H and O–H groups in total. The van der Waals surface area contributed by atoms with Crippen molar-refractivity contribution in [3.8, 4) is 0 Å². The summed E-state index contributed by atoms with van der Waals surface area (Å²) in [6, 6.07) is 4.71. The van der Waals surface area contributed by atoms with Gasteiger partial charge in [-0.1, -0.05) is 6.07 Å². The number of nitrogens with one attached hydrogen (secondary N) is 1. The summed E-state index contributed by atoms with van der Waals surface area (Å²) in [6.07, 6.45) is 1.44. The minimum Gasteiger partial charge on any atom is -0.341 e. The summed E-state index contributed by atoms with van der Waals surface area (Å²) in [7, 11) is 0. The molecule has 5 nitrogen and oxygen atoms in total. The molecule has 2 heterocycles. The van der Waals surface area contributed by atoms with Crippen LogP contribution in [0.2, 0.25) is 0 Å². The van der Waals surface area contributed by atoms with E-state index < -0.39 is 11.7 Å². The van der Waals surface area contributed by atoms with Crippen LogP contribution in [0.5, 0.6) is 0 Å². The highest BCUT2D eigenvalue weighted by atomic mass is 19.4. The molecule has 0 bridgehead atoms. The lowest BCUT2D eigenvalue weighted by Gasteiger charge is -2.24. The van der Waals surface area contributed by atoms with Crippen molar-refractivity contribution in [3.05, 3.63) is 47.3 Å². The average molecular weight is 390 g/mol. The Balaban J connectivity index is 1.43. The zero-order valence-corrected chi connectivity index (χ0v) is 15.3. The standard InChI is InChI=1S/C20H21F3N4O/c21-20(22,23)15-4-3-5-16(11-15)25-18(28)13-6-7-17-14(10-13)12-24-19(26-17)27-8-1-2-9-27/h3-5,11-13H,1-2,6-10H2,(H,25,28). The maximum absolute atomic E-state index is 12.8. The van der Waals surface area contributed by atoms with Crippen molar-refractivity contribution in [3.63, 3.8) is 0 Å². The molecular weight excluding hydrogens is 369 g/mol. The van der Waals surface area contributed by atoms with Gasteiger partial charge in [-0.15, -0.1) is 0 Å². The second kappa shape index (κ2) is 7.41. The zero-order valence-electron chi connectivity index (χ0n) is 15.3. The maximum atomic E-state index is 12.8. The Morgan fingerprint density at radius 1 is 1.21 bits per heavy atom. The number of anilines is 2.